The molecule has 0 aromatic heterocycles. The Morgan fingerprint density at radius 2 is 2.38 bits per heavy atom. The van der Waals surface area contributed by atoms with Gasteiger partial charge in [-0.3, -0.25) is 4.79 Å². The molecule has 2 atom stereocenters. The molecule has 1 amide bonds. The lowest BCUT2D eigenvalue weighted by Gasteiger charge is -2.37. The van der Waals surface area contributed by atoms with Gasteiger partial charge in [-0.05, 0) is 32.1 Å². The highest BCUT2D eigenvalue weighted by atomic mass is 16.3. The Labute approximate surface area is 97.1 Å². The second-order valence-corrected chi connectivity index (χ2v) is 4.32. The predicted octanol–water partition coefficient (Wildman–Crippen LogP) is 0.653. The third kappa shape index (κ3) is 3.32. The molecule has 1 saturated heterocycles. The number of hydrogen-bond acceptors (Lipinski definition) is 3. The van der Waals surface area contributed by atoms with E-state index in [4.69, 9.17) is 10.8 Å². The maximum absolute atomic E-state index is 12.0. The lowest BCUT2D eigenvalue weighted by molar-refractivity contribution is -0.136. The largest absolute Gasteiger partial charge is 0.396 e. The van der Waals surface area contributed by atoms with E-state index in [-0.39, 0.29) is 18.6 Å². The lowest BCUT2D eigenvalue weighted by Crippen LogP contribution is -2.50. The molecule has 2 unspecified atom stereocenters. The van der Waals surface area contributed by atoms with Gasteiger partial charge in [-0.1, -0.05) is 6.08 Å². The van der Waals surface area contributed by atoms with E-state index in [9.17, 15) is 4.79 Å². The van der Waals surface area contributed by atoms with Crippen molar-refractivity contribution < 1.29 is 9.90 Å². The SMILES string of the molecule is C=CCC(N)C(=O)N1CCCCC1CCO. The van der Waals surface area contributed by atoms with Crippen LogP contribution in [0.5, 0.6) is 0 Å². The molecule has 1 rings (SSSR count). The van der Waals surface area contributed by atoms with Gasteiger partial charge in [0.25, 0.3) is 0 Å². The van der Waals surface area contributed by atoms with Crippen LogP contribution in [0.15, 0.2) is 12.7 Å². The zero-order valence-corrected chi connectivity index (χ0v) is 9.77. The van der Waals surface area contributed by atoms with E-state index in [0.29, 0.717) is 12.8 Å². The number of nitrogens with zero attached hydrogens (tertiary/aromatic N) is 1. The maximum Gasteiger partial charge on any atom is 0.240 e. The fourth-order valence-corrected chi connectivity index (χ4v) is 2.23. The van der Waals surface area contributed by atoms with E-state index >= 15 is 0 Å². The summed E-state index contributed by atoms with van der Waals surface area (Å²) in [6.45, 7) is 4.50. The third-order valence-electron chi connectivity index (χ3n) is 3.11. The molecule has 4 nitrogen and oxygen atoms in total. The number of amides is 1. The average molecular weight is 226 g/mol. The number of aliphatic hydroxyl groups is 1. The molecule has 4 heteroatoms. The monoisotopic (exact) mass is 226 g/mol. The van der Waals surface area contributed by atoms with Gasteiger partial charge >= 0.3 is 0 Å². The van der Waals surface area contributed by atoms with Crippen molar-refractivity contribution in [1.29, 1.82) is 0 Å². The molecular weight excluding hydrogens is 204 g/mol. The fourth-order valence-electron chi connectivity index (χ4n) is 2.23. The van der Waals surface area contributed by atoms with Crippen LogP contribution in [-0.4, -0.2) is 41.1 Å². The quantitative estimate of drug-likeness (QED) is 0.677. The molecule has 3 N–H and O–H groups in total. The van der Waals surface area contributed by atoms with Crippen LogP contribution >= 0.6 is 0 Å². The Morgan fingerprint density at radius 3 is 3.00 bits per heavy atom. The van der Waals surface area contributed by atoms with Gasteiger partial charge < -0.3 is 15.7 Å². The second kappa shape index (κ2) is 6.66. The molecule has 1 aliphatic rings. The van der Waals surface area contributed by atoms with Crippen LogP contribution in [0.2, 0.25) is 0 Å². The van der Waals surface area contributed by atoms with E-state index in [1.807, 2.05) is 4.90 Å². The number of nitrogens with two attached hydrogens (primary N) is 1. The minimum absolute atomic E-state index is 0.00181. The highest BCUT2D eigenvalue weighted by Gasteiger charge is 2.28. The van der Waals surface area contributed by atoms with Crippen LogP contribution in [0, 0.1) is 0 Å². The number of hydrogen-bond donors (Lipinski definition) is 2. The summed E-state index contributed by atoms with van der Waals surface area (Å²) in [5, 5.41) is 8.97. The number of rotatable bonds is 5. The molecule has 0 aromatic carbocycles. The van der Waals surface area contributed by atoms with Crippen molar-refractivity contribution in [2.45, 2.75) is 44.2 Å². The zero-order valence-electron chi connectivity index (χ0n) is 9.77. The topological polar surface area (TPSA) is 66.6 Å². The maximum atomic E-state index is 12.0. The van der Waals surface area contributed by atoms with E-state index in [1.54, 1.807) is 6.08 Å². The average Bonchev–Trinajstić information content (AvgIpc) is 2.29. The lowest BCUT2D eigenvalue weighted by atomic mass is 9.98. The zero-order chi connectivity index (χ0) is 12.0. The van der Waals surface area contributed by atoms with Gasteiger partial charge in [0.2, 0.25) is 5.91 Å². The molecule has 1 heterocycles. The smallest absolute Gasteiger partial charge is 0.240 e. The molecule has 0 bridgehead atoms. The molecule has 0 radical (unpaired) electrons. The minimum Gasteiger partial charge on any atom is -0.396 e. The van der Waals surface area contributed by atoms with Crippen molar-refractivity contribution >= 4 is 5.91 Å². The van der Waals surface area contributed by atoms with Crippen LogP contribution in [0.1, 0.15) is 32.1 Å². The summed E-state index contributed by atoms with van der Waals surface area (Å²) in [6.07, 6.45) is 5.99. The normalized spacial score (nSPS) is 22.9. The summed E-state index contributed by atoms with van der Waals surface area (Å²) in [4.78, 5) is 13.9. The first-order valence-electron chi connectivity index (χ1n) is 5.98. The summed E-state index contributed by atoms with van der Waals surface area (Å²) in [6, 6.07) is -0.307. The van der Waals surface area contributed by atoms with E-state index < -0.39 is 6.04 Å². The Kier molecular flexibility index (Phi) is 5.49. The van der Waals surface area contributed by atoms with E-state index in [0.717, 1.165) is 25.8 Å². The second-order valence-electron chi connectivity index (χ2n) is 4.32. The first-order chi connectivity index (χ1) is 7.70. The Morgan fingerprint density at radius 1 is 1.62 bits per heavy atom. The van der Waals surface area contributed by atoms with Gasteiger partial charge in [-0.15, -0.1) is 6.58 Å². The first kappa shape index (κ1) is 13.2. The Balaban J connectivity index is 2.59. The molecule has 92 valence electrons. The van der Waals surface area contributed by atoms with Gasteiger partial charge in [0.15, 0.2) is 0 Å². The summed E-state index contributed by atoms with van der Waals surface area (Å²) in [5.74, 6) is -0.00181. The van der Waals surface area contributed by atoms with E-state index in [2.05, 4.69) is 6.58 Å². The highest BCUT2D eigenvalue weighted by molar-refractivity contribution is 5.82. The molecule has 1 aliphatic heterocycles. The fraction of sp³-hybridized carbons (Fsp3) is 0.750. The number of likely N-dealkylation sites (tertiary alicyclic amines) is 1. The van der Waals surface area contributed by atoms with Gasteiger partial charge in [0, 0.05) is 19.2 Å². The predicted molar refractivity (Wildman–Crippen MR) is 63.8 cm³/mol. The number of carbonyl (C=O) groups excluding carboxylic acids is 1. The van der Waals surface area contributed by atoms with Crippen LogP contribution in [0.25, 0.3) is 0 Å². The number of piperidine rings is 1. The molecule has 0 spiro atoms. The first-order valence-corrected chi connectivity index (χ1v) is 5.98. The summed E-state index contributed by atoms with van der Waals surface area (Å²) in [7, 11) is 0. The Bertz CT molecular complexity index is 241. The number of aliphatic hydroxyl groups excluding tert-OH is 1. The van der Waals surface area contributed by atoms with Crippen LogP contribution in [0.3, 0.4) is 0 Å². The van der Waals surface area contributed by atoms with Crippen molar-refractivity contribution in [2.75, 3.05) is 13.2 Å². The molecule has 1 fully saturated rings. The van der Waals surface area contributed by atoms with Crippen LogP contribution < -0.4 is 5.73 Å². The van der Waals surface area contributed by atoms with Gasteiger partial charge in [0.1, 0.15) is 0 Å². The van der Waals surface area contributed by atoms with Gasteiger partial charge in [0.05, 0.1) is 6.04 Å². The molecule has 0 saturated carbocycles. The summed E-state index contributed by atoms with van der Waals surface area (Å²) in [5.41, 5.74) is 5.79. The number of carbonyl (C=O) groups is 1. The molecular formula is C12H22N2O2. The van der Waals surface area contributed by atoms with Gasteiger partial charge in [-0.2, -0.15) is 0 Å². The molecule has 0 aromatic rings. The highest BCUT2D eigenvalue weighted by Crippen LogP contribution is 2.20. The molecule has 0 aliphatic carbocycles. The van der Waals surface area contributed by atoms with Crippen molar-refractivity contribution in [1.82, 2.24) is 4.90 Å². The van der Waals surface area contributed by atoms with E-state index in [1.165, 1.54) is 0 Å². The van der Waals surface area contributed by atoms with Gasteiger partial charge in [-0.25, -0.2) is 0 Å². The van der Waals surface area contributed by atoms with Crippen molar-refractivity contribution in [3.63, 3.8) is 0 Å². The molecule has 16 heavy (non-hydrogen) atoms. The van der Waals surface area contributed by atoms with Crippen molar-refractivity contribution in [3.05, 3.63) is 12.7 Å². The van der Waals surface area contributed by atoms with Crippen LogP contribution in [-0.2, 0) is 4.79 Å². The van der Waals surface area contributed by atoms with Crippen molar-refractivity contribution in [2.24, 2.45) is 5.73 Å². The summed E-state index contributed by atoms with van der Waals surface area (Å²) >= 11 is 0. The minimum atomic E-state index is -0.475. The third-order valence-corrected chi connectivity index (χ3v) is 3.11. The Hall–Kier alpha value is -0.870. The summed E-state index contributed by atoms with van der Waals surface area (Å²) < 4.78 is 0. The van der Waals surface area contributed by atoms with Crippen LogP contribution in [0.4, 0.5) is 0 Å². The van der Waals surface area contributed by atoms with Crippen molar-refractivity contribution in [3.8, 4) is 0 Å². The standard InChI is InChI=1S/C12H22N2O2/c1-2-5-11(13)12(16)14-8-4-3-6-10(14)7-9-15/h2,10-11,15H,1,3-9,13H2.